The number of hydrogen-bond acceptors (Lipinski definition) is 3. The van der Waals surface area contributed by atoms with Gasteiger partial charge in [0.05, 0.1) is 18.3 Å². The predicted molar refractivity (Wildman–Crippen MR) is 74.3 cm³/mol. The van der Waals surface area contributed by atoms with Crippen LogP contribution in [0.2, 0.25) is 0 Å². The van der Waals surface area contributed by atoms with Crippen molar-refractivity contribution in [2.75, 3.05) is 6.54 Å². The van der Waals surface area contributed by atoms with Crippen LogP contribution in [-0.2, 0) is 11.3 Å². The number of carbonyl (C=O) groups is 1. The molecule has 1 aliphatic carbocycles. The van der Waals surface area contributed by atoms with Crippen molar-refractivity contribution in [2.45, 2.75) is 51.6 Å². The summed E-state index contributed by atoms with van der Waals surface area (Å²) in [7, 11) is 0. The largest absolute Gasteiger partial charge is 0.467 e. The van der Waals surface area contributed by atoms with Gasteiger partial charge in [-0.25, -0.2) is 0 Å². The van der Waals surface area contributed by atoms with E-state index >= 15 is 0 Å². The van der Waals surface area contributed by atoms with Crippen LogP contribution in [0.25, 0.3) is 0 Å². The Morgan fingerprint density at radius 2 is 2.42 bits per heavy atom. The lowest BCUT2D eigenvalue weighted by molar-refractivity contribution is -0.139. The Labute approximate surface area is 114 Å². The summed E-state index contributed by atoms with van der Waals surface area (Å²) >= 11 is 0. The highest BCUT2D eigenvalue weighted by Gasteiger charge is 2.40. The Balaban J connectivity index is 2.07. The van der Waals surface area contributed by atoms with Gasteiger partial charge in [-0.3, -0.25) is 4.79 Å². The standard InChI is InChI=1S/C15H24N2O2/c1-3-17(11-13-7-5-9-19-13)14(18)15(16)8-4-6-12(2)10-15/h5,7,9,12H,3-4,6,8,10-11,16H2,1-2H3. The number of amides is 1. The number of hydrogen-bond donors (Lipinski definition) is 1. The topological polar surface area (TPSA) is 59.5 Å². The summed E-state index contributed by atoms with van der Waals surface area (Å²) in [4.78, 5) is 14.5. The maximum absolute atomic E-state index is 12.7. The predicted octanol–water partition coefficient (Wildman–Crippen LogP) is 2.54. The van der Waals surface area contributed by atoms with Crippen LogP contribution >= 0.6 is 0 Å². The van der Waals surface area contributed by atoms with Gasteiger partial charge >= 0.3 is 0 Å². The first kappa shape index (κ1) is 14.1. The molecule has 2 rings (SSSR count). The molecule has 2 atom stereocenters. The molecular formula is C15H24N2O2. The molecule has 1 aliphatic rings. The zero-order valence-electron chi connectivity index (χ0n) is 11.9. The van der Waals surface area contributed by atoms with Crippen LogP contribution < -0.4 is 5.73 Å². The van der Waals surface area contributed by atoms with E-state index in [0.29, 0.717) is 19.0 Å². The molecular weight excluding hydrogens is 240 g/mol. The van der Waals surface area contributed by atoms with Crippen LogP contribution in [0.4, 0.5) is 0 Å². The van der Waals surface area contributed by atoms with Gasteiger partial charge in [0, 0.05) is 6.54 Å². The fourth-order valence-corrected chi connectivity index (χ4v) is 3.02. The van der Waals surface area contributed by atoms with Crippen LogP contribution in [0.15, 0.2) is 22.8 Å². The maximum Gasteiger partial charge on any atom is 0.243 e. The van der Waals surface area contributed by atoms with Crippen molar-refractivity contribution >= 4 is 5.91 Å². The van der Waals surface area contributed by atoms with E-state index in [2.05, 4.69) is 6.92 Å². The Morgan fingerprint density at radius 1 is 1.63 bits per heavy atom. The minimum atomic E-state index is -0.680. The van der Waals surface area contributed by atoms with Gasteiger partial charge in [-0.05, 0) is 37.8 Å². The Morgan fingerprint density at radius 3 is 3.00 bits per heavy atom. The monoisotopic (exact) mass is 264 g/mol. The third-order valence-corrected chi connectivity index (χ3v) is 4.05. The molecule has 0 bridgehead atoms. The highest BCUT2D eigenvalue weighted by Crippen LogP contribution is 2.32. The van der Waals surface area contributed by atoms with Crippen molar-refractivity contribution in [3.05, 3.63) is 24.2 Å². The number of furan rings is 1. The molecule has 4 nitrogen and oxygen atoms in total. The van der Waals surface area contributed by atoms with E-state index in [1.165, 1.54) is 6.42 Å². The lowest BCUT2D eigenvalue weighted by Gasteiger charge is -2.38. The van der Waals surface area contributed by atoms with E-state index in [1.807, 2.05) is 19.1 Å². The van der Waals surface area contributed by atoms with E-state index in [1.54, 1.807) is 11.2 Å². The third-order valence-electron chi connectivity index (χ3n) is 4.05. The summed E-state index contributed by atoms with van der Waals surface area (Å²) in [5.74, 6) is 1.41. The first-order valence-electron chi connectivity index (χ1n) is 7.16. The first-order valence-corrected chi connectivity index (χ1v) is 7.16. The van der Waals surface area contributed by atoms with Crippen molar-refractivity contribution in [2.24, 2.45) is 11.7 Å². The van der Waals surface area contributed by atoms with Crippen LogP contribution in [-0.4, -0.2) is 22.9 Å². The molecule has 0 aliphatic heterocycles. The first-order chi connectivity index (χ1) is 9.05. The highest BCUT2D eigenvalue weighted by molar-refractivity contribution is 5.86. The molecule has 0 aromatic carbocycles. The second-order valence-corrected chi connectivity index (χ2v) is 5.76. The molecule has 0 saturated heterocycles. The van der Waals surface area contributed by atoms with Crippen molar-refractivity contribution < 1.29 is 9.21 Å². The Bertz CT molecular complexity index is 416. The Kier molecular flexibility index (Phi) is 4.30. The summed E-state index contributed by atoms with van der Waals surface area (Å²) in [6, 6.07) is 3.73. The summed E-state index contributed by atoms with van der Waals surface area (Å²) in [5, 5.41) is 0. The van der Waals surface area contributed by atoms with E-state index in [0.717, 1.165) is 25.0 Å². The average molecular weight is 264 g/mol. The summed E-state index contributed by atoms with van der Waals surface area (Å²) < 4.78 is 5.32. The SMILES string of the molecule is CCN(Cc1ccco1)C(=O)C1(N)CCCC(C)C1. The van der Waals surface area contributed by atoms with Crippen LogP contribution in [0.1, 0.15) is 45.3 Å². The highest BCUT2D eigenvalue weighted by atomic mass is 16.3. The molecule has 0 radical (unpaired) electrons. The van der Waals surface area contributed by atoms with Gasteiger partial charge in [-0.2, -0.15) is 0 Å². The summed E-state index contributed by atoms with van der Waals surface area (Å²) in [6.07, 6.45) is 5.44. The van der Waals surface area contributed by atoms with Gasteiger partial charge in [0.1, 0.15) is 5.76 Å². The van der Waals surface area contributed by atoms with Gasteiger partial charge in [0.15, 0.2) is 0 Å². The molecule has 1 aromatic heterocycles. The lowest BCUT2D eigenvalue weighted by Crippen LogP contribution is -2.57. The van der Waals surface area contributed by atoms with E-state index < -0.39 is 5.54 Å². The van der Waals surface area contributed by atoms with Gasteiger partial charge in [-0.15, -0.1) is 0 Å². The number of nitrogens with zero attached hydrogens (tertiary/aromatic N) is 1. The molecule has 1 fully saturated rings. The van der Waals surface area contributed by atoms with Crippen LogP contribution in [0.5, 0.6) is 0 Å². The molecule has 19 heavy (non-hydrogen) atoms. The summed E-state index contributed by atoms with van der Waals surface area (Å²) in [6.45, 7) is 5.33. The van der Waals surface area contributed by atoms with Crippen molar-refractivity contribution in [1.29, 1.82) is 0 Å². The van der Waals surface area contributed by atoms with E-state index in [9.17, 15) is 4.79 Å². The minimum absolute atomic E-state index is 0.0675. The smallest absolute Gasteiger partial charge is 0.243 e. The van der Waals surface area contributed by atoms with Gasteiger partial charge in [0.25, 0.3) is 0 Å². The third kappa shape index (κ3) is 3.18. The molecule has 4 heteroatoms. The van der Waals surface area contributed by atoms with Crippen molar-refractivity contribution in [3.63, 3.8) is 0 Å². The second kappa shape index (κ2) is 5.78. The molecule has 1 amide bonds. The van der Waals surface area contributed by atoms with Crippen LogP contribution in [0.3, 0.4) is 0 Å². The lowest BCUT2D eigenvalue weighted by atomic mass is 9.76. The minimum Gasteiger partial charge on any atom is -0.467 e. The molecule has 2 N–H and O–H groups in total. The quantitative estimate of drug-likeness (QED) is 0.909. The zero-order chi connectivity index (χ0) is 13.9. The fourth-order valence-electron chi connectivity index (χ4n) is 3.02. The van der Waals surface area contributed by atoms with E-state index in [4.69, 9.17) is 10.2 Å². The molecule has 1 aromatic rings. The van der Waals surface area contributed by atoms with Crippen molar-refractivity contribution in [1.82, 2.24) is 4.90 Å². The van der Waals surface area contributed by atoms with Crippen molar-refractivity contribution in [3.8, 4) is 0 Å². The number of rotatable bonds is 4. The normalized spacial score (nSPS) is 27.2. The molecule has 2 unspecified atom stereocenters. The fraction of sp³-hybridized carbons (Fsp3) is 0.667. The second-order valence-electron chi connectivity index (χ2n) is 5.76. The Hall–Kier alpha value is -1.29. The number of carbonyl (C=O) groups excluding carboxylic acids is 1. The number of nitrogens with two attached hydrogens (primary N) is 1. The molecule has 0 spiro atoms. The number of likely N-dealkylation sites (N-methyl/N-ethyl adjacent to an activating group) is 1. The zero-order valence-corrected chi connectivity index (χ0v) is 11.9. The average Bonchev–Trinajstić information content (AvgIpc) is 2.87. The summed E-state index contributed by atoms with van der Waals surface area (Å²) in [5.41, 5.74) is 5.70. The molecule has 1 saturated carbocycles. The van der Waals surface area contributed by atoms with E-state index in [-0.39, 0.29) is 5.91 Å². The van der Waals surface area contributed by atoms with Gasteiger partial charge in [-0.1, -0.05) is 19.8 Å². The van der Waals surface area contributed by atoms with Crippen LogP contribution in [0, 0.1) is 5.92 Å². The molecule has 1 heterocycles. The maximum atomic E-state index is 12.7. The van der Waals surface area contributed by atoms with Gasteiger partial charge < -0.3 is 15.1 Å². The van der Waals surface area contributed by atoms with Gasteiger partial charge in [0.2, 0.25) is 5.91 Å². The molecule has 106 valence electrons.